The Morgan fingerprint density at radius 1 is 1.22 bits per heavy atom. The number of phenols is 1. The van der Waals surface area contributed by atoms with E-state index in [2.05, 4.69) is 5.32 Å². The third-order valence-corrected chi connectivity index (χ3v) is 4.27. The van der Waals surface area contributed by atoms with E-state index >= 15 is 0 Å². The smallest absolute Gasteiger partial charge is 0.336 e. The van der Waals surface area contributed by atoms with E-state index in [0.29, 0.717) is 28.8 Å². The lowest BCUT2D eigenvalue weighted by atomic mass is 10.0. The van der Waals surface area contributed by atoms with Crippen molar-refractivity contribution in [2.45, 2.75) is 19.9 Å². The summed E-state index contributed by atoms with van der Waals surface area (Å²) in [5.74, 6) is 0.512. The highest BCUT2D eigenvalue weighted by atomic mass is 16.6. The fraction of sp³-hybridized carbons (Fsp3) is 0.211. The van der Waals surface area contributed by atoms with Gasteiger partial charge in [0.25, 0.3) is 5.69 Å². The number of methoxy groups -OCH3 is 1. The van der Waals surface area contributed by atoms with Crippen molar-refractivity contribution in [3.8, 4) is 11.5 Å². The highest BCUT2D eigenvalue weighted by Gasteiger charge is 2.13. The van der Waals surface area contributed by atoms with Crippen molar-refractivity contribution in [3.05, 3.63) is 68.1 Å². The van der Waals surface area contributed by atoms with Crippen LogP contribution in [0.25, 0.3) is 11.0 Å². The highest BCUT2D eigenvalue weighted by Crippen LogP contribution is 2.31. The number of aromatic hydroxyl groups is 1. The van der Waals surface area contributed by atoms with E-state index in [9.17, 15) is 20.0 Å². The normalized spacial score (nSPS) is 10.7. The molecule has 1 aromatic heterocycles. The molecule has 0 bridgehead atoms. The van der Waals surface area contributed by atoms with Gasteiger partial charge >= 0.3 is 5.63 Å². The SMILES string of the molecule is CCc1cc2c(CNc3cc([N+](=O)[O-])ccc3OC)cc(=O)oc2cc1O. The minimum absolute atomic E-state index is 0.0682. The average molecular weight is 370 g/mol. The molecule has 0 aliphatic heterocycles. The molecule has 1 heterocycles. The molecule has 0 aliphatic carbocycles. The molecule has 0 amide bonds. The maximum Gasteiger partial charge on any atom is 0.336 e. The Balaban J connectivity index is 2.01. The van der Waals surface area contributed by atoms with Gasteiger partial charge < -0.3 is 19.6 Å². The maximum atomic E-state index is 11.9. The van der Waals surface area contributed by atoms with E-state index in [-0.39, 0.29) is 23.6 Å². The van der Waals surface area contributed by atoms with Crippen LogP contribution in [0, 0.1) is 10.1 Å². The largest absolute Gasteiger partial charge is 0.508 e. The predicted octanol–water partition coefficient (Wildman–Crippen LogP) is 3.59. The fourth-order valence-corrected chi connectivity index (χ4v) is 2.87. The fourth-order valence-electron chi connectivity index (χ4n) is 2.87. The van der Waals surface area contributed by atoms with Crippen LogP contribution < -0.4 is 15.7 Å². The first-order valence-electron chi connectivity index (χ1n) is 8.27. The van der Waals surface area contributed by atoms with Crippen LogP contribution in [0.15, 0.2) is 45.6 Å². The van der Waals surface area contributed by atoms with Gasteiger partial charge in [-0.15, -0.1) is 0 Å². The van der Waals surface area contributed by atoms with E-state index in [1.165, 1.54) is 37.4 Å². The van der Waals surface area contributed by atoms with E-state index in [1.54, 1.807) is 6.07 Å². The summed E-state index contributed by atoms with van der Waals surface area (Å²) in [5.41, 5.74) is 1.46. The standard InChI is InChI=1S/C19H18N2O6/c1-3-11-6-14-12(7-19(23)27-18(14)9-16(11)22)10-20-15-8-13(21(24)25)4-5-17(15)26-2/h4-9,20,22H,3,10H2,1-2H3. The second kappa shape index (κ2) is 7.36. The van der Waals surface area contributed by atoms with Crippen molar-refractivity contribution in [3.63, 3.8) is 0 Å². The van der Waals surface area contributed by atoms with Crippen LogP contribution in [-0.2, 0) is 13.0 Å². The van der Waals surface area contributed by atoms with Crippen molar-refractivity contribution in [1.82, 2.24) is 0 Å². The highest BCUT2D eigenvalue weighted by molar-refractivity contribution is 5.83. The molecule has 140 valence electrons. The molecule has 0 spiro atoms. The molecule has 0 radical (unpaired) electrons. The zero-order valence-electron chi connectivity index (χ0n) is 14.8. The number of fused-ring (bicyclic) bond motifs is 1. The van der Waals surface area contributed by atoms with E-state index in [1.807, 2.05) is 6.92 Å². The first-order valence-corrected chi connectivity index (χ1v) is 8.27. The van der Waals surface area contributed by atoms with E-state index < -0.39 is 10.5 Å². The zero-order valence-corrected chi connectivity index (χ0v) is 14.8. The third-order valence-electron chi connectivity index (χ3n) is 4.27. The van der Waals surface area contributed by atoms with Gasteiger partial charge in [0.15, 0.2) is 0 Å². The Morgan fingerprint density at radius 3 is 2.67 bits per heavy atom. The van der Waals surface area contributed by atoms with Crippen molar-refractivity contribution < 1.29 is 19.2 Å². The Bertz CT molecular complexity index is 1070. The number of phenolic OH excluding ortho intramolecular Hbond substituents is 1. The lowest BCUT2D eigenvalue weighted by molar-refractivity contribution is -0.384. The lowest BCUT2D eigenvalue weighted by Gasteiger charge is -2.13. The van der Waals surface area contributed by atoms with Crippen molar-refractivity contribution >= 4 is 22.3 Å². The molecule has 0 fully saturated rings. The van der Waals surface area contributed by atoms with Gasteiger partial charge in [-0.3, -0.25) is 10.1 Å². The molecule has 2 N–H and O–H groups in total. The van der Waals surface area contributed by atoms with Gasteiger partial charge in [0.05, 0.1) is 17.7 Å². The Labute approximate surface area is 154 Å². The van der Waals surface area contributed by atoms with E-state index in [4.69, 9.17) is 9.15 Å². The molecule has 8 nitrogen and oxygen atoms in total. The number of nitro benzene ring substituents is 1. The van der Waals surface area contributed by atoms with Gasteiger partial charge in [-0.1, -0.05) is 6.92 Å². The van der Waals surface area contributed by atoms with Crippen LogP contribution in [0.1, 0.15) is 18.1 Å². The van der Waals surface area contributed by atoms with Crippen LogP contribution in [0.5, 0.6) is 11.5 Å². The first kappa shape index (κ1) is 18.2. The van der Waals surface area contributed by atoms with E-state index in [0.717, 1.165) is 5.56 Å². The molecule has 0 saturated carbocycles. The molecular weight excluding hydrogens is 352 g/mol. The summed E-state index contributed by atoms with van der Waals surface area (Å²) in [6.45, 7) is 2.12. The number of rotatable bonds is 6. The number of nitrogens with zero attached hydrogens (tertiary/aromatic N) is 1. The molecule has 3 aromatic rings. The summed E-state index contributed by atoms with van der Waals surface area (Å²) in [6, 6.07) is 8.78. The molecule has 0 saturated heterocycles. The maximum absolute atomic E-state index is 11.9. The molecule has 2 aromatic carbocycles. The van der Waals surface area contributed by atoms with Gasteiger partial charge in [0.2, 0.25) is 0 Å². The minimum atomic E-state index is -0.547. The number of benzene rings is 2. The van der Waals surface area contributed by atoms with Crippen LogP contribution >= 0.6 is 0 Å². The number of aryl methyl sites for hydroxylation is 1. The molecule has 0 aliphatic rings. The van der Waals surface area contributed by atoms with Gasteiger partial charge in [-0.05, 0) is 29.7 Å². The van der Waals surface area contributed by atoms with Crippen molar-refractivity contribution in [1.29, 1.82) is 0 Å². The van der Waals surface area contributed by atoms with Gasteiger partial charge in [0.1, 0.15) is 17.1 Å². The summed E-state index contributed by atoms with van der Waals surface area (Å²) < 4.78 is 10.4. The summed E-state index contributed by atoms with van der Waals surface area (Å²) >= 11 is 0. The second-order valence-corrected chi connectivity index (χ2v) is 5.92. The molecule has 0 unspecified atom stereocenters. The van der Waals surface area contributed by atoms with Crippen molar-refractivity contribution in [2.24, 2.45) is 0 Å². The minimum Gasteiger partial charge on any atom is -0.508 e. The van der Waals surface area contributed by atoms with Crippen LogP contribution in [0.3, 0.4) is 0 Å². The Hall–Kier alpha value is -3.55. The van der Waals surface area contributed by atoms with Crippen LogP contribution in [0.4, 0.5) is 11.4 Å². The van der Waals surface area contributed by atoms with Crippen LogP contribution in [0.2, 0.25) is 0 Å². The number of hydrogen-bond acceptors (Lipinski definition) is 7. The monoisotopic (exact) mass is 370 g/mol. The quantitative estimate of drug-likeness (QED) is 0.387. The summed E-state index contributed by atoms with van der Waals surface area (Å²) in [5, 5.41) is 24.8. The molecule has 8 heteroatoms. The topological polar surface area (TPSA) is 115 Å². The molecule has 0 atom stereocenters. The average Bonchev–Trinajstić information content (AvgIpc) is 2.65. The molecular formula is C19H18N2O6. The zero-order chi connectivity index (χ0) is 19.6. The lowest BCUT2D eigenvalue weighted by Crippen LogP contribution is -2.07. The van der Waals surface area contributed by atoms with Gasteiger partial charge in [-0.25, -0.2) is 4.79 Å². The third kappa shape index (κ3) is 3.69. The number of nitro groups is 1. The molecule has 27 heavy (non-hydrogen) atoms. The second-order valence-electron chi connectivity index (χ2n) is 5.92. The van der Waals surface area contributed by atoms with Crippen molar-refractivity contribution in [2.75, 3.05) is 12.4 Å². The Morgan fingerprint density at radius 2 is 2.00 bits per heavy atom. The number of ether oxygens (including phenoxy) is 1. The summed E-state index contributed by atoms with van der Waals surface area (Å²) in [4.78, 5) is 22.4. The number of hydrogen-bond donors (Lipinski definition) is 2. The van der Waals surface area contributed by atoms with Crippen LogP contribution in [-0.4, -0.2) is 17.1 Å². The number of non-ortho nitro benzene ring substituents is 1. The summed E-state index contributed by atoms with van der Waals surface area (Å²) in [6.07, 6.45) is 0.618. The first-order chi connectivity index (χ1) is 12.9. The predicted molar refractivity (Wildman–Crippen MR) is 101 cm³/mol. The molecule has 3 rings (SSSR count). The Kier molecular flexibility index (Phi) is 4.98. The number of anilines is 1. The number of nitrogens with one attached hydrogen (secondary N) is 1. The van der Waals surface area contributed by atoms with Gasteiger partial charge in [-0.2, -0.15) is 0 Å². The van der Waals surface area contributed by atoms with Gasteiger partial charge in [0, 0.05) is 36.2 Å². The summed E-state index contributed by atoms with van der Waals surface area (Å²) in [7, 11) is 1.47.